The number of aromatic nitrogens is 1. The van der Waals surface area contributed by atoms with Crippen molar-refractivity contribution in [3.63, 3.8) is 0 Å². The molecule has 2 rings (SSSR count). The van der Waals surface area contributed by atoms with E-state index in [4.69, 9.17) is 5.73 Å². The van der Waals surface area contributed by atoms with Crippen molar-refractivity contribution in [1.82, 2.24) is 9.88 Å². The summed E-state index contributed by atoms with van der Waals surface area (Å²) in [6.07, 6.45) is 0. The lowest BCUT2D eigenvalue weighted by molar-refractivity contribution is 0.655. The molecule has 0 radical (unpaired) electrons. The Morgan fingerprint density at radius 2 is 2.12 bits per heavy atom. The van der Waals surface area contributed by atoms with Gasteiger partial charge in [0.1, 0.15) is 0 Å². The summed E-state index contributed by atoms with van der Waals surface area (Å²) in [7, 11) is 0. The van der Waals surface area contributed by atoms with E-state index in [9.17, 15) is 0 Å². The first-order chi connectivity index (χ1) is 8.31. The van der Waals surface area contributed by atoms with Gasteiger partial charge in [-0.15, -0.1) is 0 Å². The third-order valence-corrected chi connectivity index (χ3v) is 3.18. The fourth-order valence-electron chi connectivity index (χ4n) is 2.38. The Hall–Kier alpha value is -1.32. The molecule has 0 bridgehead atoms. The summed E-state index contributed by atoms with van der Waals surface area (Å²) in [5.41, 5.74) is 9.68. The quantitative estimate of drug-likeness (QED) is 0.828. The van der Waals surface area contributed by atoms with E-state index in [2.05, 4.69) is 48.0 Å². The summed E-state index contributed by atoms with van der Waals surface area (Å²) in [6, 6.07) is 8.63. The summed E-state index contributed by atoms with van der Waals surface area (Å²) >= 11 is 0. The number of benzene rings is 1. The van der Waals surface area contributed by atoms with Crippen LogP contribution in [0.2, 0.25) is 0 Å². The van der Waals surface area contributed by atoms with Crippen molar-refractivity contribution in [2.45, 2.75) is 33.5 Å². The van der Waals surface area contributed by atoms with Gasteiger partial charge in [-0.25, -0.2) is 0 Å². The van der Waals surface area contributed by atoms with E-state index in [1.165, 1.54) is 22.2 Å². The number of rotatable bonds is 5. The maximum absolute atomic E-state index is 5.82. The highest BCUT2D eigenvalue weighted by molar-refractivity contribution is 5.84. The molecular weight excluding hydrogens is 210 g/mol. The van der Waals surface area contributed by atoms with E-state index >= 15 is 0 Å². The van der Waals surface area contributed by atoms with Gasteiger partial charge in [0.15, 0.2) is 0 Å². The Morgan fingerprint density at radius 3 is 2.76 bits per heavy atom. The Bertz CT molecular complexity index is 499. The van der Waals surface area contributed by atoms with Gasteiger partial charge in [0.05, 0.1) is 5.52 Å². The molecule has 2 aromatic rings. The minimum atomic E-state index is 0.599. The molecule has 3 heteroatoms. The first-order valence-corrected chi connectivity index (χ1v) is 6.32. The van der Waals surface area contributed by atoms with Gasteiger partial charge >= 0.3 is 0 Å². The molecule has 3 nitrogen and oxygen atoms in total. The van der Waals surface area contributed by atoms with Gasteiger partial charge in [-0.3, -0.25) is 0 Å². The summed E-state index contributed by atoms with van der Waals surface area (Å²) in [5, 5.41) is 4.68. The standard InChI is InChI=1S/C14H21N3/c1-3-16-10-13-8-11-6-5-7-12(9-15)14(11)17(13)4-2/h5-8,16H,3-4,9-10,15H2,1-2H3. The minimum absolute atomic E-state index is 0.599. The fourth-order valence-corrected chi connectivity index (χ4v) is 2.38. The number of hydrogen-bond donors (Lipinski definition) is 2. The smallest absolute Gasteiger partial charge is 0.0528 e. The Balaban J connectivity index is 2.55. The van der Waals surface area contributed by atoms with Gasteiger partial charge in [-0.05, 0) is 25.1 Å². The Morgan fingerprint density at radius 1 is 1.29 bits per heavy atom. The topological polar surface area (TPSA) is 43.0 Å². The predicted octanol–water partition coefficient (Wildman–Crippen LogP) is 2.23. The summed E-state index contributed by atoms with van der Waals surface area (Å²) in [5.74, 6) is 0. The highest BCUT2D eigenvalue weighted by Gasteiger charge is 2.09. The molecule has 3 N–H and O–H groups in total. The zero-order valence-corrected chi connectivity index (χ0v) is 10.7. The first-order valence-electron chi connectivity index (χ1n) is 6.32. The van der Waals surface area contributed by atoms with Gasteiger partial charge in [0.2, 0.25) is 0 Å². The molecule has 1 heterocycles. The molecule has 0 saturated carbocycles. The third kappa shape index (κ3) is 2.21. The third-order valence-electron chi connectivity index (χ3n) is 3.18. The lowest BCUT2D eigenvalue weighted by Crippen LogP contribution is -2.15. The first kappa shape index (κ1) is 12.1. The number of nitrogens with one attached hydrogen (secondary N) is 1. The minimum Gasteiger partial charge on any atom is -0.343 e. The normalized spacial score (nSPS) is 11.2. The Labute approximate surface area is 103 Å². The maximum Gasteiger partial charge on any atom is 0.0528 e. The molecule has 0 saturated heterocycles. The van der Waals surface area contributed by atoms with Crippen molar-refractivity contribution in [1.29, 1.82) is 0 Å². The van der Waals surface area contributed by atoms with Crippen molar-refractivity contribution in [2.24, 2.45) is 5.73 Å². The van der Waals surface area contributed by atoms with E-state index < -0.39 is 0 Å². The van der Waals surface area contributed by atoms with Crippen LogP contribution in [0.15, 0.2) is 24.3 Å². The van der Waals surface area contributed by atoms with Crippen LogP contribution < -0.4 is 11.1 Å². The van der Waals surface area contributed by atoms with Crippen LogP contribution in [0.4, 0.5) is 0 Å². The average molecular weight is 231 g/mol. The number of aryl methyl sites for hydroxylation is 1. The lowest BCUT2D eigenvalue weighted by atomic mass is 10.1. The summed E-state index contributed by atoms with van der Waals surface area (Å²) < 4.78 is 2.36. The molecule has 1 aromatic heterocycles. The van der Waals surface area contributed by atoms with Crippen LogP contribution in [0.5, 0.6) is 0 Å². The molecule has 92 valence electrons. The number of nitrogens with two attached hydrogens (primary N) is 1. The zero-order valence-electron chi connectivity index (χ0n) is 10.7. The highest BCUT2D eigenvalue weighted by Crippen LogP contribution is 2.23. The van der Waals surface area contributed by atoms with Crippen LogP contribution in [0, 0.1) is 0 Å². The second-order valence-electron chi connectivity index (χ2n) is 4.22. The molecule has 0 aliphatic heterocycles. The molecule has 0 spiro atoms. The molecule has 0 amide bonds. The van der Waals surface area contributed by atoms with Gasteiger partial charge in [-0.2, -0.15) is 0 Å². The van der Waals surface area contributed by atoms with Crippen molar-refractivity contribution in [3.05, 3.63) is 35.5 Å². The fraction of sp³-hybridized carbons (Fsp3) is 0.429. The lowest BCUT2D eigenvalue weighted by Gasteiger charge is -2.10. The average Bonchev–Trinajstić information content (AvgIpc) is 2.73. The second kappa shape index (κ2) is 5.34. The Kier molecular flexibility index (Phi) is 3.82. The zero-order chi connectivity index (χ0) is 12.3. The van der Waals surface area contributed by atoms with Crippen LogP contribution in [-0.4, -0.2) is 11.1 Å². The van der Waals surface area contributed by atoms with E-state index in [-0.39, 0.29) is 0 Å². The number of para-hydroxylation sites is 1. The van der Waals surface area contributed by atoms with Crippen molar-refractivity contribution in [2.75, 3.05) is 6.54 Å². The van der Waals surface area contributed by atoms with Crippen LogP contribution in [-0.2, 0) is 19.6 Å². The van der Waals surface area contributed by atoms with Crippen LogP contribution in [0.3, 0.4) is 0 Å². The van der Waals surface area contributed by atoms with Crippen molar-refractivity contribution < 1.29 is 0 Å². The predicted molar refractivity (Wildman–Crippen MR) is 72.9 cm³/mol. The van der Waals surface area contributed by atoms with Crippen molar-refractivity contribution in [3.8, 4) is 0 Å². The van der Waals surface area contributed by atoms with Gasteiger partial charge < -0.3 is 15.6 Å². The SMILES string of the molecule is CCNCc1cc2cccc(CN)c2n1CC. The molecule has 0 fully saturated rings. The maximum atomic E-state index is 5.82. The molecule has 0 aliphatic rings. The monoisotopic (exact) mass is 231 g/mol. The van der Waals surface area contributed by atoms with E-state index in [1.54, 1.807) is 0 Å². The molecule has 1 aromatic carbocycles. The molecule has 0 unspecified atom stereocenters. The van der Waals surface area contributed by atoms with E-state index in [1.807, 2.05) is 0 Å². The largest absolute Gasteiger partial charge is 0.343 e. The number of fused-ring (bicyclic) bond motifs is 1. The molecular formula is C14H21N3. The molecule has 0 atom stereocenters. The molecule has 0 aliphatic carbocycles. The molecule has 17 heavy (non-hydrogen) atoms. The van der Waals surface area contributed by atoms with Gasteiger partial charge in [0, 0.05) is 30.7 Å². The highest BCUT2D eigenvalue weighted by atomic mass is 15.0. The van der Waals surface area contributed by atoms with Gasteiger partial charge in [-0.1, -0.05) is 25.1 Å². The van der Waals surface area contributed by atoms with E-state index in [0.29, 0.717) is 6.54 Å². The summed E-state index contributed by atoms with van der Waals surface area (Å²) in [6.45, 7) is 7.81. The van der Waals surface area contributed by atoms with Gasteiger partial charge in [0.25, 0.3) is 0 Å². The number of nitrogens with zero attached hydrogens (tertiary/aromatic N) is 1. The second-order valence-corrected chi connectivity index (χ2v) is 4.22. The van der Waals surface area contributed by atoms with E-state index in [0.717, 1.165) is 19.6 Å². The van der Waals surface area contributed by atoms with Crippen LogP contribution >= 0.6 is 0 Å². The van der Waals surface area contributed by atoms with Crippen LogP contribution in [0.25, 0.3) is 10.9 Å². The number of hydrogen-bond acceptors (Lipinski definition) is 2. The summed E-state index contributed by atoms with van der Waals surface area (Å²) in [4.78, 5) is 0. The van der Waals surface area contributed by atoms with Crippen LogP contribution in [0.1, 0.15) is 25.1 Å². The van der Waals surface area contributed by atoms with Crippen molar-refractivity contribution >= 4 is 10.9 Å².